The summed E-state index contributed by atoms with van der Waals surface area (Å²) in [4.78, 5) is 2.64. The molecule has 0 amide bonds. The van der Waals surface area contributed by atoms with E-state index in [0.717, 1.165) is 17.8 Å². The Morgan fingerprint density at radius 2 is 1.86 bits per heavy atom. The number of hydrogen-bond donors (Lipinski definition) is 1. The molecule has 1 aliphatic heterocycles. The molecule has 0 bridgehead atoms. The first-order valence-electron chi connectivity index (χ1n) is 6.19. The van der Waals surface area contributed by atoms with E-state index in [1.54, 1.807) is 0 Å². The molecule has 2 aliphatic rings. The molecule has 2 rings (SSSR count). The number of piperazine rings is 1. The summed E-state index contributed by atoms with van der Waals surface area (Å²) in [6, 6.07) is 0. The standard InChI is InChI=1S/C12H24N2/c1-10(2)12-7-11(8-12)9-14-5-3-13-4-6-14/h10-13H,3-9H2,1-2H3. The maximum atomic E-state index is 3.41. The molecule has 0 aromatic carbocycles. The van der Waals surface area contributed by atoms with Crippen molar-refractivity contribution in [3.8, 4) is 0 Å². The molecule has 1 aliphatic carbocycles. The van der Waals surface area contributed by atoms with Gasteiger partial charge in [0, 0.05) is 32.7 Å². The molecule has 0 aromatic rings. The summed E-state index contributed by atoms with van der Waals surface area (Å²) in [5.41, 5.74) is 0. The molecule has 0 radical (unpaired) electrons. The van der Waals surface area contributed by atoms with Crippen LogP contribution in [0.15, 0.2) is 0 Å². The van der Waals surface area contributed by atoms with Gasteiger partial charge in [-0.25, -0.2) is 0 Å². The topological polar surface area (TPSA) is 15.3 Å². The van der Waals surface area contributed by atoms with Crippen molar-refractivity contribution >= 4 is 0 Å². The van der Waals surface area contributed by atoms with E-state index in [-0.39, 0.29) is 0 Å². The number of nitrogens with one attached hydrogen (secondary N) is 1. The fourth-order valence-electron chi connectivity index (χ4n) is 2.74. The SMILES string of the molecule is CC(C)C1CC(CN2CCNCC2)C1. The molecular weight excluding hydrogens is 172 g/mol. The van der Waals surface area contributed by atoms with Gasteiger partial charge < -0.3 is 10.2 Å². The zero-order valence-corrected chi connectivity index (χ0v) is 9.63. The average molecular weight is 196 g/mol. The lowest BCUT2D eigenvalue weighted by molar-refractivity contribution is 0.0896. The van der Waals surface area contributed by atoms with Gasteiger partial charge in [-0.15, -0.1) is 0 Å². The van der Waals surface area contributed by atoms with Gasteiger partial charge in [-0.05, 0) is 30.6 Å². The zero-order valence-electron chi connectivity index (χ0n) is 9.63. The van der Waals surface area contributed by atoms with Crippen LogP contribution in [0.5, 0.6) is 0 Å². The lowest BCUT2D eigenvalue weighted by atomic mass is 9.69. The van der Waals surface area contributed by atoms with E-state index < -0.39 is 0 Å². The van der Waals surface area contributed by atoms with Crippen LogP contribution in [0, 0.1) is 17.8 Å². The van der Waals surface area contributed by atoms with Crippen LogP contribution in [0.3, 0.4) is 0 Å². The molecule has 0 aromatic heterocycles. The Kier molecular flexibility index (Phi) is 3.45. The van der Waals surface area contributed by atoms with Gasteiger partial charge in [-0.3, -0.25) is 0 Å². The van der Waals surface area contributed by atoms with E-state index >= 15 is 0 Å². The maximum absolute atomic E-state index is 3.41. The van der Waals surface area contributed by atoms with Crippen molar-refractivity contribution in [2.75, 3.05) is 32.7 Å². The fraction of sp³-hybridized carbons (Fsp3) is 1.00. The van der Waals surface area contributed by atoms with Crippen LogP contribution < -0.4 is 5.32 Å². The summed E-state index contributed by atoms with van der Waals surface area (Å²) in [5.74, 6) is 2.96. The Hall–Kier alpha value is -0.0800. The Morgan fingerprint density at radius 3 is 2.43 bits per heavy atom. The minimum Gasteiger partial charge on any atom is -0.314 e. The van der Waals surface area contributed by atoms with E-state index in [9.17, 15) is 0 Å². The maximum Gasteiger partial charge on any atom is 0.0107 e. The molecular formula is C12H24N2. The summed E-state index contributed by atoms with van der Waals surface area (Å²) in [6.45, 7) is 11.0. The molecule has 1 saturated heterocycles. The van der Waals surface area contributed by atoms with Crippen molar-refractivity contribution in [2.45, 2.75) is 26.7 Å². The van der Waals surface area contributed by atoms with Gasteiger partial charge >= 0.3 is 0 Å². The van der Waals surface area contributed by atoms with Gasteiger partial charge in [0.15, 0.2) is 0 Å². The predicted octanol–water partition coefficient (Wildman–Crippen LogP) is 1.57. The minimum atomic E-state index is 0.911. The van der Waals surface area contributed by atoms with Crippen molar-refractivity contribution in [1.82, 2.24) is 10.2 Å². The highest BCUT2D eigenvalue weighted by atomic mass is 15.2. The largest absolute Gasteiger partial charge is 0.314 e. The van der Waals surface area contributed by atoms with Crippen LogP contribution in [0.1, 0.15) is 26.7 Å². The normalized spacial score (nSPS) is 34.5. The summed E-state index contributed by atoms with van der Waals surface area (Å²) < 4.78 is 0. The van der Waals surface area contributed by atoms with Gasteiger partial charge in [-0.2, -0.15) is 0 Å². The van der Waals surface area contributed by atoms with E-state index in [1.165, 1.54) is 45.6 Å². The van der Waals surface area contributed by atoms with Crippen molar-refractivity contribution in [3.63, 3.8) is 0 Å². The minimum absolute atomic E-state index is 0.911. The third kappa shape index (κ3) is 2.48. The molecule has 2 nitrogen and oxygen atoms in total. The van der Waals surface area contributed by atoms with Crippen LogP contribution in [0.2, 0.25) is 0 Å². The van der Waals surface area contributed by atoms with Crippen LogP contribution in [0.25, 0.3) is 0 Å². The zero-order chi connectivity index (χ0) is 9.97. The van der Waals surface area contributed by atoms with E-state index in [2.05, 4.69) is 24.1 Å². The fourth-order valence-corrected chi connectivity index (χ4v) is 2.74. The molecule has 1 heterocycles. The van der Waals surface area contributed by atoms with E-state index in [1.807, 2.05) is 0 Å². The number of rotatable bonds is 3. The van der Waals surface area contributed by atoms with Crippen LogP contribution in [-0.4, -0.2) is 37.6 Å². The Morgan fingerprint density at radius 1 is 1.21 bits per heavy atom. The smallest absolute Gasteiger partial charge is 0.0107 e. The van der Waals surface area contributed by atoms with Gasteiger partial charge in [0.25, 0.3) is 0 Å². The van der Waals surface area contributed by atoms with Crippen LogP contribution >= 0.6 is 0 Å². The molecule has 2 fully saturated rings. The molecule has 1 N–H and O–H groups in total. The van der Waals surface area contributed by atoms with E-state index in [4.69, 9.17) is 0 Å². The third-order valence-corrected chi connectivity index (χ3v) is 3.94. The third-order valence-electron chi connectivity index (χ3n) is 3.94. The molecule has 0 spiro atoms. The monoisotopic (exact) mass is 196 g/mol. The van der Waals surface area contributed by atoms with Crippen molar-refractivity contribution < 1.29 is 0 Å². The second-order valence-electron chi connectivity index (χ2n) is 5.39. The molecule has 14 heavy (non-hydrogen) atoms. The Bertz CT molecular complexity index is 167. The molecule has 0 atom stereocenters. The summed E-state index contributed by atoms with van der Waals surface area (Å²) >= 11 is 0. The number of nitrogens with zero attached hydrogens (tertiary/aromatic N) is 1. The Balaban J connectivity index is 1.63. The van der Waals surface area contributed by atoms with E-state index in [0.29, 0.717) is 0 Å². The quantitative estimate of drug-likeness (QED) is 0.737. The highest BCUT2D eigenvalue weighted by Gasteiger charge is 2.32. The average Bonchev–Trinajstić information content (AvgIpc) is 2.12. The highest BCUT2D eigenvalue weighted by Crippen LogP contribution is 2.38. The van der Waals surface area contributed by atoms with Gasteiger partial charge in [0.1, 0.15) is 0 Å². The van der Waals surface area contributed by atoms with Gasteiger partial charge in [0.2, 0.25) is 0 Å². The highest BCUT2D eigenvalue weighted by molar-refractivity contribution is 4.84. The first-order chi connectivity index (χ1) is 6.75. The van der Waals surface area contributed by atoms with Crippen molar-refractivity contribution in [2.24, 2.45) is 17.8 Å². The lowest BCUT2D eigenvalue weighted by Gasteiger charge is -2.41. The Labute approximate surface area is 88.1 Å². The van der Waals surface area contributed by atoms with Gasteiger partial charge in [0.05, 0.1) is 0 Å². The summed E-state index contributed by atoms with van der Waals surface area (Å²) in [6.07, 6.45) is 2.98. The molecule has 1 saturated carbocycles. The summed E-state index contributed by atoms with van der Waals surface area (Å²) in [5, 5.41) is 3.41. The van der Waals surface area contributed by atoms with Crippen LogP contribution in [-0.2, 0) is 0 Å². The number of hydrogen-bond acceptors (Lipinski definition) is 2. The van der Waals surface area contributed by atoms with Crippen molar-refractivity contribution in [3.05, 3.63) is 0 Å². The lowest BCUT2D eigenvalue weighted by Crippen LogP contribution is -2.47. The summed E-state index contributed by atoms with van der Waals surface area (Å²) in [7, 11) is 0. The second-order valence-corrected chi connectivity index (χ2v) is 5.39. The molecule has 2 heteroatoms. The second kappa shape index (κ2) is 4.63. The predicted molar refractivity (Wildman–Crippen MR) is 60.4 cm³/mol. The van der Waals surface area contributed by atoms with Gasteiger partial charge in [-0.1, -0.05) is 13.8 Å². The first-order valence-corrected chi connectivity index (χ1v) is 6.19. The van der Waals surface area contributed by atoms with Crippen molar-refractivity contribution in [1.29, 1.82) is 0 Å². The molecule has 82 valence electrons. The molecule has 0 unspecified atom stereocenters. The first kappa shape index (κ1) is 10.4. The van der Waals surface area contributed by atoms with Crippen LogP contribution in [0.4, 0.5) is 0 Å².